The Hall–Kier alpha value is 0.730. The van der Waals surface area contributed by atoms with Gasteiger partial charge in [-0.15, -0.1) is 0 Å². The van der Waals surface area contributed by atoms with Crippen molar-refractivity contribution in [3.63, 3.8) is 0 Å². The molecule has 0 spiro atoms. The van der Waals surface area contributed by atoms with Crippen molar-refractivity contribution < 1.29 is 0 Å². The van der Waals surface area contributed by atoms with Gasteiger partial charge in [-0.25, -0.2) is 0 Å². The van der Waals surface area contributed by atoms with Crippen LogP contribution in [-0.4, -0.2) is 3.92 Å². The van der Waals surface area contributed by atoms with Crippen LogP contribution in [0.5, 0.6) is 0 Å². The van der Waals surface area contributed by atoms with Crippen molar-refractivity contribution in [3.05, 3.63) is 0 Å². The molecule has 1 unspecified atom stereocenters. The van der Waals surface area contributed by atoms with Gasteiger partial charge in [0.15, 0.2) is 0 Å². The third kappa shape index (κ3) is 0.538. The summed E-state index contributed by atoms with van der Waals surface area (Å²) in [7, 11) is 0. The summed E-state index contributed by atoms with van der Waals surface area (Å²) in [4.78, 5) is 0. The Labute approximate surface area is 57.8 Å². The van der Waals surface area contributed by atoms with Crippen LogP contribution in [0.25, 0.3) is 0 Å². The van der Waals surface area contributed by atoms with E-state index in [1.165, 1.54) is 6.42 Å². The minimum atomic E-state index is 1.06. The largest absolute Gasteiger partial charge is 0.0823 e. The fourth-order valence-corrected chi connectivity index (χ4v) is 3.09. The molecule has 0 heterocycles. The summed E-state index contributed by atoms with van der Waals surface area (Å²) in [6.45, 7) is 0. The smallest absolute Gasteiger partial charge is 0.0141 e. The molecule has 0 radical (unpaired) electrons. The molecule has 0 amide bonds. The van der Waals surface area contributed by atoms with Gasteiger partial charge in [0.2, 0.25) is 0 Å². The first kappa shape index (κ1) is 4.59. The Balaban J connectivity index is 2.13. The van der Waals surface area contributed by atoms with Gasteiger partial charge in [-0.1, -0.05) is 22.6 Å². The van der Waals surface area contributed by atoms with E-state index in [2.05, 4.69) is 22.6 Å². The van der Waals surface area contributed by atoms with Crippen LogP contribution in [0.3, 0.4) is 0 Å². The molecule has 0 aromatic heterocycles. The van der Waals surface area contributed by atoms with E-state index in [1.54, 1.807) is 12.8 Å². The van der Waals surface area contributed by atoms with Crippen LogP contribution >= 0.6 is 22.6 Å². The SMILES string of the molecule is IC1CC2CC1C2. The quantitative estimate of drug-likeness (QED) is 0.423. The molecule has 3 rings (SSSR count). The van der Waals surface area contributed by atoms with Gasteiger partial charge in [0.25, 0.3) is 0 Å². The van der Waals surface area contributed by atoms with Crippen LogP contribution in [0, 0.1) is 11.8 Å². The van der Waals surface area contributed by atoms with E-state index in [1.807, 2.05) is 0 Å². The number of alkyl halides is 1. The van der Waals surface area contributed by atoms with Crippen LogP contribution in [0.2, 0.25) is 0 Å². The third-order valence-corrected chi connectivity index (χ3v) is 3.87. The van der Waals surface area contributed by atoms with Crippen LogP contribution in [0.15, 0.2) is 0 Å². The molecule has 0 aliphatic heterocycles. The molecule has 1 heteroatoms. The summed E-state index contributed by atoms with van der Waals surface area (Å²) in [6, 6.07) is 0. The fraction of sp³-hybridized carbons (Fsp3) is 1.00. The molecule has 2 bridgehead atoms. The standard InChI is InChI=1S/C6H9I/c7-6-3-4-1-5(6)2-4/h4-6H,1-3H2. The summed E-state index contributed by atoms with van der Waals surface area (Å²) < 4.78 is 1.06. The highest BCUT2D eigenvalue weighted by atomic mass is 127. The molecule has 40 valence electrons. The summed E-state index contributed by atoms with van der Waals surface area (Å²) in [6.07, 6.45) is 4.66. The maximum absolute atomic E-state index is 2.60. The maximum atomic E-state index is 2.60. The van der Waals surface area contributed by atoms with Gasteiger partial charge in [-0.3, -0.25) is 0 Å². The molecule has 0 N–H and O–H groups in total. The van der Waals surface area contributed by atoms with Crippen molar-refractivity contribution in [3.8, 4) is 0 Å². The van der Waals surface area contributed by atoms with Crippen molar-refractivity contribution in [1.82, 2.24) is 0 Å². The average molecular weight is 208 g/mol. The van der Waals surface area contributed by atoms with Gasteiger partial charge in [-0.05, 0) is 31.1 Å². The van der Waals surface area contributed by atoms with E-state index in [4.69, 9.17) is 0 Å². The highest BCUT2D eigenvalue weighted by molar-refractivity contribution is 14.1. The minimum Gasteiger partial charge on any atom is -0.0823 e. The van der Waals surface area contributed by atoms with Crippen molar-refractivity contribution in [1.29, 1.82) is 0 Å². The van der Waals surface area contributed by atoms with Crippen molar-refractivity contribution in [2.45, 2.75) is 23.2 Å². The zero-order valence-corrected chi connectivity index (χ0v) is 6.39. The molecule has 0 nitrogen and oxygen atoms in total. The molecular weight excluding hydrogens is 199 g/mol. The maximum Gasteiger partial charge on any atom is 0.0141 e. The predicted octanol–water partition coefficient (Wildman–Crippen LogP) is 2.22. The molecule has 0 aromatic carbocycles. The lowest BCUT2D eigenvalue weighted by atomic mass is 9.85. The van der Waals surface area contributed by atoms with E-state index in [-0.39, 0.29) is 0 Å². The normalized spacial score (nSPS) is 57.0. The van der Waals surface area contributed by atoms with Crippen molar-refractivity contribution >= 4 is 22.6 Å². The predicted molar refractivity (Wildman–Crippen MR) is 38.6 cm³/mol. The Morgan fingerprint density at radius 2 is 1.86 bits per heavy atom. The Kier molecular flexibility index (Phi) is 0.895. The number of halogens is 1. The molecule has 3 saturated carbocycles. The Bertz CT molecular complexity index is 84.2. The van der Waals surface area contributed by atoms with E-state index in [0.29, 0.717) is 0 Å². The van der Waals surface area contributed by atoms with Gasteiger partial charge in [-0.2, -0.15) is 0 Å². The zero-order valence-electron chi connectivity index (χ0n) is 4.23. The summed E-state index contributed by atoms with van der Waals surface area (Å²) in [5.74, 6) is 2.30. The van der Waals surface area contributed by atoms with Gasteiger partial charge < -0.3 is 0 Å². The van der Waals surface area contributed by atoms with Gasteiger partial charge in [0.1, 0.15) is 0 Å². The molecule has 3 fully saturated rings. The highest BCUT2D eigenvalue weighted by Crippen LogP contribution is 2.51. The Morgan fingerprint density at radius 1 is 1.14 bits per heavy atom. The zero-order chi connectivity index (χ0) is 4.85. The monoisotopic (exact) mass is 208 g/mol. The van der Waals surface area contributed by atoms with Crippen LogP contribution in [-0.2, 0) is 0 Å². The van der Waals surface area contributed by atoms with Crippen LogP contribution < -0.4 is 0 Å². The summed E-state index contributed by atoms with van der Waals surface area (Å²) in [5, 5.41) is 0. The number of fused-ring (bicyclic) bond motifs is 1. The third-order valence-electron chi connectivity index (χ3n) is 2.34. The second-order valence-corrected chi connectivity index (χ2v) is 4.45. The topological polar surface area (TPSA) is 0 Å². The lowest BCUT2D eigenvalue weighted by Crippen LogP contribution is -2.13. The first-order valence-electron chi connectivity index (χ1n) is 3.00. The number of hydrogen-bond donors (Lipinski definition) is 0. The van der Waals surface area contributed by atoms with E-state index in [9.17, 15) is 0 Å². The van der Waals surface area contributed by atoms with Crippen LogP contribution in [0.4, 0.5) is 0 Å². The van der Waals surface area contributed by atoms with Gasteiger partial charge in [0, 0.05) is 3.92 Å². The van der Waals surface area contributed by atoms with Gasteiger partial charge >= 0.3 is 0 Å². The molecular formula is C6H9I. The Morgan fingerprint density at radius 3 is 2.00 bits per heavy atom. The van der Waals surface area contributed by atoms with Gasteiger partial charge in [0.05, 0.1) is 0 Å². The van der Waals surface area contributed by atoms with E-state index < -0.39 is 0 Å². The van der Waals surface area contributed by atoms with Crippen molar-refractivity contribution in [2.24, 2.45) is 11.8 Å². The first-order chi connectivity index (χ1) is 3.36. The lowest BCUT2D eigenvalue weighted by Gasteiger charge is -2.22. The van der Waals surface area contributed by atoms with E-state index >= 15 is 0 Å². The second kappa shape index (κ2) is 1.36. The highest BCUT2D eigenvalue weighted by Gasteiger charge is 2.42. The molecule has 3 aliphatic rings. The molecule has 3 aliphatic carbocycles. The molecule has 0 saturated heterocycles. The number of hydrogen-bond acceptors (Lipinski definition) is 0. The molecule has 0 aromatic rings. The fourth-order valence-electron chi connectivity index (χ4n) is 1.79. The summed E-state index contributed by atoms with van der Waals surface area (Å²) in [5.41, 5.74) is 0. The lowest BCUT2D eigenvalue weighted by molar-refractivity contribution is 0.307. The van der Waals surface area contributed by atoms with Crippen LogP contribution in [0.1, 0.15) is 19.3 Å². The average Bonchev–Trinajstić information content (AvgIpc) is 1.85. The summed E-state index contributed by atoms with van der Waals surface area (Å²) >= 11 is 2.60. The molecule has 7 heavy (non-hydrogen) atoms. The second-order valence-electron chi connectivity index (χ2n) is 2.85. The molecule has 1 atom stereocenters. The minimum absolute atomic E-state index is 1.06. The van der Waals surface area contributed by atoms with Crippen molar-refractivity contribution in [2.75, 3.05) is 0 Å². The van der Waals surface area contributed by atoms with E-state index in [0.717, 1.165) is 15.8 Å². The first-order valence-corrected chi connectivity index (χ1v) is 4.25. The number of rotatable bonds is 0.